The molecule has 0 radical (unpaired) electrons. The third-order valence-electron chi connectivity index (χ3n) is 5.40. The summed E-state index contributed by atoms with van der Waals surface area (Å²) in [5.41, 5.74) is -0.404. The molecule has 1 unspecified atom stereocenters. The van der Waals surface area contributed by atoms with Gasteiger partial charge in [0, 0.05) is 0 Å². The maximum atomic E-state index is 11.0. The minimum absolute atomic E-state index is 0.0109. The molecule has 4 nitrogen and oxygen atoms in total. The SMILES string of the molecule is CCCCC(CC)C/C=C/[C@@]1(CC)C[C@@H](CC)[C@@H](CC(=O)O)OO1. The van der Waals surface area contributed by atoms with Crippen molar-refractivity contribution < 1.29 is 19.7 Å². The quantitative estimate of drug-likeness (QED) is 0.397. The smallest absolute Gasteiger partial charge is 0.306 e. The van der Waals surface area contributed by atoms with Crippen LogP contribution in [0, 0.1) is 11.8 Å². The Bertz CT molecular complexity index is 393. The molecule has 0 spiro atoms. The Labute approximate surface area is 147 Å². The fourth-order valence-corrected chi connectivity index (χ4v) is 3.50. The second-order valence-electron chi connectivity index (χ2n) is 7.16. The van der Waals surface area contributed by atoms with Crippen LogP contribution in [0.25, 0.3) is 0 Å². The number of hydrogen-bond donors (Lipinski definition) is 1. The van der Waals surface area contributed by atoms with E-state index in [2.05, 4.69) is 39.8 Å². The minimum Gasteiger partial charge on any atom is -0.481 e. The van der Waals surface area contributed by atoms with Gasteiger partial charge in [-0.1, -0.05) is 72.0 Å². The third kappa shape index (κ3) is 6.56. The Kier molecular flexibility index (Phi) is 9.60. The molecule has 1 fully saturated rings. The fraction of sp³-hybridized carbons (Fsp3) is 0.850. The second-order valence-corrected chi connectivity index (χ2v) is 7.16. The first-order valence-electron chi connectivity index (χ1n) is 9.74. The van der Waals surface area contributed by atoms with E-state index in [0.29, 0.717) is 0 Å². The minimum atomic E-state index is -0.830. The van der Waals surface area contributed by atoms with Crippen LogP contribution in [0.15, 0.2) is 12.2 Å². The summed E-state index contributed by atoms with van der Waals surface area (Å²) in [6.45, 7) is 8.69. The molecule has 0 amide bonds. The van der Waals surface area contributed by atoms with Crippen molar-refractivity contribution >= 4 is 5.97 Å². The third-order valence-corrected chi connectivity index (χ3v) is 5.40. The van der Waals surface area contributed by atoms with Gasteiger partial charge in [-0.05, 0) is 31.1 Å². The highest BCUT2D eigenvalue weighted by molar-refractivity contribution is 5.67. The van der Waals surface area contributed by atoms with Crippen molar-refractivity contribution in [2.75, 3.05) is 0 Å². The van der Waals surface area contributed by atoms with Crippen molar-refractivity contribution in [1.82, 2.24) is 0 Å². The molecule has 1 aliphatic rings. The lowest BCUT2D eigenvalue weighted by Crippen LogP contribution is -2.44. The summed E-state index contributed by atoms with van der Waals surface area (Å²) in [6.07, 6.45) is 12.8. The van der Waals surface area contributed by atoms with Gasteiger partial charge >= 0.3 is 5.97 Å². The van der Waals surface area contributed by atoms with Gasteiger partial charge in [0.2, 0.25) is 0 Å². The molecule has 0 aromatic rings. The van der Waals surface area contributed by atoms with Gasteiger partial charge in [0.05, 0.1) is 6.42 Å². The lowest BCUT2D eigenvalue weighted by molar-refractivity contribution is -0.409. The predicted octanol–water partition coefficient (Wildman–Crippen LogP) is 5.52. The van der Waals surface area contributed by atoms with Gasteiger partial charge in [-0.15, -0.1) is 0 Å². The van der Waals surface area contributed by atoms with Crippen molar-refractivity contribution in [1.29, 1.82) is 0 Å². The molecular formula is C20H36O4. The van der Waals surface area contributed by atoms with Crippen LogP contribution in [0.5, 0.6) is 0 Å². The molecule has 4 atom stereocenters. The number of carboxylic acids is 1. The van der Waals surface area contributed by atoms with E-state index < -0.39 is 11.6 Å². The molecule has 140 valence electrons. The summed E-state index contributed by atoms with van der Waals surface area (Å²) in [7, 11) is 0. The van der Waals surface area contributed by atoms with E-state index >= 15 is 0 Å². The van der Waals surface area contributed by atoms with Gasteiger partial charge in [0.15, 0.2) is 0 Å². The Morgan fingerprint density at radius 1 is 1.33 bits per heavy atom. The van der Waals surface area contributed by atoms with Gasteiger partial charge in [-0.2, -0.15) is 0 Å². The molecule has 1 rings (SSSR count). The van der Waals surface area contributed by atoms with E-state index in [0.717, 1.165) is 31.6 Å². The molecule has 0 saturated carbocycles. The van der Waals surface area contributed by atoms with Crippen LogP contribution in [0.2, 0.25) is 0 Å². The highest BCUT2D eigenvalue weighted by Gasteiger charge is 2.41. The molecule has 0 aromatic heterocycles. The molecule has 1 aliphatic heterocycles. The normalized spacial score (nSPS) is 29.0. The van der Waals surface area contributed by atoms with Gasteiger partial charge in [0.25, 0.3) is 0 Å². The Morgan fingerprint density at radius 3 is 2.62 bits per heavy atom. The highest BCUT2D eigenvalue weighted by Crippen LogP contribution is 2.38. The Morgan fingerprint density at radius 2 is 2.08 bits per heavy atom. The highest BCUT2D eigenvalue weighted by atomic mass is 17.2. The Balaban J connectivity index is 2.66. The van der Waals surface area contributed by atoms with E-state index in [1.54, 1.807) is 0 Å². The number of aliphatic carboxylic acids is 1. The summed E-state index contributed by atoms with van der Waals surface area (Å²) in [5.74, 6) is 0.131. The molecular weight excluding hydrogens is 304 g/mol. The number of hydrogen-bond acceptors (Lipinski definition) is 3. The molecule has 1 heterocycles. The molecule has 0 aromatic carbocycles. The van der Waals surface area contributed by atoms with Crippen molar-refractivity contribution in [3.63, 3.8) is 0 Å². The van der Waals surface area contributed by atoms with Crippen LogP contribution in [0.1, 0.15) is 85.5 Å². The second kappa shape index (κ2) is 10.9. The zero-order valence-corrected chi connectivity index (χ0v) is 15.9. The maximum absolute atomic E-state index is 11.0. The van der Waals surface area contributed by atoms with Crippen LogP contribution in [0.4, 0.5) is 0 Å². The van der Waals surface area contributed by atoms with E-state index in [-0.39, 0.29) is 18.4 Å². The number of carboxylic acid groups (broad SMARTS) is 1. The van der Waals surface area contributed by atoms with Gasteiger partial charge in [0.1, 0.15) is 11.7 Å². The van der Waals surface area contributed by atoms with Crippen molar-refractivity contribution in [2.24, 2.45) is 11.8 Å². The zero-order chi connectivity index (χ0) is 18.0. The number of rotatable bonds is 11. The van der Waals surface area contributed by atoms with Crippen LogP contribution in [0.3, 0.4) is 0 Å². The summed E-state index contributed by atoms with van der Waals surface area (Å²) in [4.78, 5) is 22.2. The number of allylic oxidation sites excluding steroid dienone is 1. The van der Waals surface area contributed by atoms with Crippen molar-refractivity contribution in [3.8, 4) is 0 Å². The van der Waals surface area contributed by atoms with E-state index in [1.807, 2.05) is 0 Å². The van der Waals surface area contributed by atoms with Gasteiger partial charge in [-0.25, -0.2) is 9.78 Å². The molecule has 1 N–H and O–H groups in total. The Hall–Kier alpha value is -0.870. The van der Waals surface area contributed by atoms with Crippen molar-refractivity contribution in [2.45, 2.75) is 97.2 Å². The molecule has 0 aliphatic carbocycles. The first-order valence-corrected chi connectivity index (χ1v) is 9.74. The lowest BCUT2D eigenvalue weighted by Gasteiger charge is -2.40. The van der Waals surface area contributed by atoms with Crippen LogP contribution >= 0.6 is 0 Å². The van der Waals surface area contributed by atoms with E-state index in [1.165, 1.54) is 25.7 Å². The fourth-order valence-electron chi connectivity index (χ4n) is 3.50. The number of carbonyl (C=O) groups is 1. The molecule has 0 bridgehead atoms. The largest absolute Gasteiger partial charge is 0.481 e. The first-order chi connectivity index (χ1) is 11.5. The predicted molar refractivity (Wildman–Crippen MR) is 96.7 cm³/mol. The summed E-state index contributed by atoms with van der Waals surface area (Å²) >= 11 is 0. The molecule has 24 heavy (non-hydrogen) atoms. The average Bonchev–Trinajstić information content (AvgIpc) is 2.58. The number of unbranched alkanes of at least 4 members (excludes halogenated alkanes) is 1. The topological polar surface area (TPSA) is 55.8 Å². The monoisotopic (exact) mass is 340 g/mol. The average molecular weight is 341 g/mol. The van der Waals surface area contributed by atoms with Gasteiger partial charge in [-0.3, -0.25) is 4.79 Å². The molecule has 1 saturated heterocycles. The van der Waals surface area contributed by atoms with Crippen molar-refractivity contribution in [3.05, 3.63) is 12.2 Å². The summed E-state index contributed by atoms with van der Waals surface area (Å²) in [6, 6.07) is 0. The maximum Gasteiger partial charge on any atom is 0.306 e. The van der Waals surface area contributed by atoms with Crippen LogP contribution < -0.4 is 0 Å². The zero-order valence-electron chi connectivity index (χ0n) is 15.9. The summed E-state index contributed by atoms with van der Waals surface area (Å²) in [5, 5.41) is 9.02. The van der Waals surface area contributed by atoms with Crippen LogP contribution in [-0.2, 0) is 14.6 Å². The first kappa shape index (κ1) is 21.2. The van der Waals surface area contributed by atoms with E-state index in [9.17, 15) is 4.79 Å². The lowest BCUT2D eigenvalue weighted by atomic mass is 9.81. The van der Waals surface area contributed by atoms with Gasteiger partial charge < -0.3 is 5.11 Å². The molecule has 4 heteroatoms. The van der Waals surface area contributed by atoms with E-state index in [4.69, 9.17) is 14.9 Å². The standard InChI is InChI=1S/C20H36O4/c1-5-9-11-16(6-2)12-10-13-20(8-4)15-17(7-3)18(23-24-20)14-19(21)22/h10,13,16-18H,5-9,11-12,14-15H2,1-4H3,(H,21,22)/b13-10+/t16?,17-,18-,20+/m1/s1. The van der Waals surface area contributed by atoms with Crippen LogP contribution in [-0.4, -0.2) is 22.8 Å². The summed E-state index contributed by atoms with van der Waals surface area (Å²) < 4.78 is 0.